The highest BCUT2D eigenvalue weighted by molar-refractivity contribution is 5.68. The Hall–Kier alpha value is -2.31. The van der Waals surface area contributed by atoms with Crippen LogP contribution in [-0.4, -0.2) is 19.7 Å². The van der Waals surface area contributed by atoms with Gasteiger partial charge < -0.3 is 4.57 Å². The van der Waals surface area contributed by atoms with Gasteiger partial charge in [0.1, 0.15) is 12.1 Å². The lowest BCUT2D eigenvalue weighted by Crippen LogP contribution is -2.01. The minimum atomic E-state index is -0.556. The molecule has 94 valence electrons. The van der Waals surface area contributed by atoms with Gasteiger partial charge in [-0.15, -0.1) is 10.2 Å². The summed E-state index contributed by atoms with van der Waals surface area (Å²) in [7, 11) is 0. The molecule has 0 aliphatic rings. The molecule has 1 heterocycles. The molecule has 18 heavy (non-hydrogen) atoms. The lowest BCUT2D eigenvalue weighted by molar-refractivity contribution is -0.384. The van der Waals surface area contributed by atoms with E-state index in [1.54, 1.807) is 4.57 Å². The summed E-state index contributed by atoms with van der Waals surface area (Å²) < 4.78 is 14.9. The number of rotatable bonds is 4. The molecule has 0 atom stereocenters. The van der Waals surface area contributed by atoms with E-state index in [1.165, 1.54) is 6.33 Å². The summed E-state index contributed by atoms with van der Waals surface area (Å²) in [6, 6.07) is 3.30. The lowest BCUT2D eigenvalue weighted by Gasteiger charge is -2.05. The van der Waals surface area contributed by atoms with Gasteiger partial charge in [-0.25, -0.2) is 4.39 Å². The summed E-state index contributed by atoms with van der Waals surface area (Å²) in [5.74, 6) is -0.232. The van der Waals surface area contributed by atoms with E-state index in [0.29, 0.717) is 12.4 Å². The van der Waals surface area contributed by atoms with E-state index in [0.717, 1.165) is 24.6 Å². The number of hydrogen-bond donors (Lipinski definition) is 0. The molecule has 0 unspecified atom stereocenters. The summed E-state index contributed by atoms with van der Waals surface area (Å²) in [5.41, 5.74) is -0.0345. The average Bonchev–Trinajstić information content (AvgIpc) is 2.77. The highest BCUT2D eigenvalue weighted by atomic mass is 19.1. The van der Waals surface area contributed by atoms with Gasteiger partial charge in [0.2, 0.25) is 0 Å². The van der Waals surface area contributed by atoms with Gasteiger partial charge in [-0.1, -0.05) is 6.92 Å². The molecule has 2 aromatic rings. The predicted molar refractivity (Wildman–Crippen MR) is 62.4 cm³/mol. The third kappa shape index (κ3) is 2.20. The minimum absolute atomic E-state index is 0.144. The van der Waals surface area contributed by atoms with Crippen LogP contribution >= 0.6 is 0 Å². The number of hydrogen-bond acceptors (Lipinski definition) is 4. The Morgan fingerprint density at radius 2 is 2.28 bits per heavy atom. The van der Waals surface area contributed by atoms with Crippen molar-refractivity contribution in [3.63, 3.8) is 0 Å². The Morgan fingerprint density at radius 3 is 2.94 bits per heavy atom. The number of halogens is 1. The molecule has 0 saturated carbocycles. The van der Waals surface area contributed by atoms with Gasteiger partial charge in [-0.2, -0.15) is 0 Å². The molecule has 0 spiro atoms. The maximum Gasteiger partial charge on any atom is 0.280 e. The Bertz CT molecular complexity index is 582. The molecule has 0 aliphatic heterocycles. The van der Waals surface area contributed by atoms with Crippen LogP contribution in [-0.2, 0) is 6.54 Å². The van der Waals surface area contributed by atoms with Crippen molar-refractivity contribution < 1.29 is 9.31 Å². The normalized spacial score (nSPS) is 10.6. The number of nitro groups is 1. The standard InChI is InChI=1S/C11H11FN4O2/c1-2-5-15-7-13-14-11(15)9-6-8(12)3-4-10(9)16(17)18/h3-4,6-7H,2,5H2,1H3. The molecule has 2 rings (SSSR count). The van der Waals surface area contributed by atoms with Crippen molar-refractivity contribution in [2.75, 3.05) is 0 Å². The third-order valence-electron chi connectivity index (χ3n) is 2.48. The number of benzene rings is 1. The number of aryl methyl sites for hydroxylation is 1. The molecule has 1 aromatic heterocycles. The first-order valence-electron chi connectivity index (χ1n) is 5.45. The fourth-order valence-electron chi connectivity index (χ4n) is 1.71. The maximum atomic E-state index is 13.2. The number of nitro benzene ring substituents is 1. The smallest absolute Gasteiger partial charge is 0.280 e. The molecule has 1 aromatic carbocycles. The first kappa shape index (κ1) is 12.2. The van der Waals surface area contributed by atoms with Crippen LogP contribution in [0.5, 0.6) is 0 Å². The fourth-order valence-corrected chi connectivity index (χ4v) is 1.71. The number of nitrogens with zero attached hydrogens (tertiary/aromatic N) is 4. The van der Waals surface area contributed by atoms with E-state index in [2.05, 4.69) is 10.2 Å². The maximum absolute atomic E-state index is 13.2. The van der Waals surface area contributed by atoms with Crippen molar-refractivity contribution in [2.45, 2.75) is 19.9 Å². The highest BCUT2D eigenvalue weighted by Gasteiger charge is 2.20. The molecule has 6 nitrogen and oxygen atoms in total. The third-order valence-corrected chi connectivity index (χ3v) is 2.48. The van der Waals surface area contributed by atoms with Gasteiger partial charge in [0.25, 0.3) is 5.69 Å². The van der Waals surface area contributed by atoms with Crippen LogP contribution in [0.15, 0.2) is 24.5 Å². The van der Waals surface area contributed by atoms with E-state index in [-0.39, 0.29) is 11.3 Å². The molecule has 0 aliphatic carbocycles. The molecular formula is C11H11FN4O2. The van der Waals surface area contributed by atoms with Crippen molar-refractivity contribution in [2.24, 2.45) is 0 Å². The molecule has 0 fully saturated rings. The lowest BCUT2D eigenvalue weighted by atomic mass is 10.1. The predicted octanol–water partition coefficient (Wildman–Crippen LogP) is 2.40. The second-order valence-corrected chi connectivity index (χ2v) is 3.77. The Labute approximate surface area is 102 Å². The monoisotopic (exact) mass is 250 g/mol. The highest BCUT2D eigenvalue weighted by Crippen LogP contribution is 2.29. The van der Waals surface area contributed by atoms with Crippen LogP contribution in [0.1, 0.15) is 13.3 Å². The van der Waals surface area contributed by atoms with E-state index in [1.807, 2.05) is 6.92 Å². The topological polar surface area (TPSA) is 73.8 Å². The second kappa shape index (κ2) is 4.91. The van der Waals surface area contributed by atoms with E-state index in [9.17, 15) is 14.5 Å². The van der Waals surface area contributed by atoms with Crippen LogP contribution in [0, 0.1) is 15.9 Å². The summed E-state index contributed by atoms with van der Waals surface area (Å²) in [5, 5.41) is 18.5. The van der Waals surface area contributed by atoms with Gasteiger partial charge in [0, 0.05) is 12.6 Å². The molecule has 0 N–H and O–H groups in total. The van der Waals surface area contributed by atoms with Gasteiger partial charge >= 0.3 is 0 Å². The van der Waals surface area contributed by atoms with Crippen molar-refractivity contribution in [1.82, 2.24) is 14.8 Å². The summed E-state index contributed by atoms with van der Waals surface area (Å²) in [4.78, 5) is 10.4. The zero-order chi connectivity index (χ0) is 13.1. The summed E-state index contributed by atoms with van der Waals surface area (Å²) in [6.07, 6.45) is 2.31. The van der Waals surface area contributed by atoms with Crippen LogP contribution in [0.4, 0.5) is 10.1 Å². The molecule has 7 heteroatoms. The van der Waals surface area contributed by atoms with E-state index >= 15 is 0 Å². The van der Waals surface area contributed by atoms with Gasteiger partial charge in [-0.05, 0) is 18.6 Å². The van der Waals surface area contributed by atoms with E-state index in [4.69, 9.17) is 0 Å². The van der Waals surface area contributed by atoms with Crippen molar-refractivity contribution in [3.8, 4) is 11.4 Å². The fraction of sp³-hybridized carbons (Fsp3) is 0.273. The van der Waals surface area contributed by atoms with Crippen molar-refractivity contribution in [1.29, 1.82) is 0 Å². The molecule has 0 bridgehead atoms. The van der Waals surface area contributed by atoms with Crippen LogP contribution in [0.25, 0.3) is 11.4 Å². The summed E-state index contributed by atoms with van der Waals surface area (Å²) >= 11 is 0. The largest absolute Gasteiger partial charge is 0.313 e. The molecular weight excluding hydrogens is 239 g/mol. The van der Waals surface area contributed by atoms with Gasteiger partial charge in [0.15, 0.2) is 5.82 Å². The van der Waals surface area contributed by atoms with Crippen molar-refractivity contribution >= 4 is 5.69 Å². The number of aromatic nitrogens is 3. The Balaban J connectivity index is 2.58. The van der Waals surface area contributed by atoms with Gasteiger partial charge in [-0.3, -0.25) is 10.1 Å². The molecule has 0 radical (unpaired) electrons. The average molecular weight is 250 g/mol. The quantitative estimate of drug-likeness (QED) is 0.616. The van der Waals surface area contributed by atoms with Crippen LogP contribution < -0.4 is 0 Å². The summed E-state index contributed by atoms with van der Waals surface area (Å²) in [6.45, 7) is 2.58. The van der Waals surface area contributed by atoms with E-state index < -0.39 is 10.7 Å². The SMILES string of the molecule is CCCn1cnnc1-c1cc(F)ccc1[N+](=O)[O-]. The molecule has 0 saturated heterocycles. The van der Waals surface area contributed by atoms with Crippen LogP contribution in [0.2, 0.25) is 0 Å². The molecule has 0 amide bonds. The zero-order valence-corrected chi connectivity index (χ0v) is 9.71. The second-order valence-electron chi connectivity index (χ2n) is 3.77. The minimum Gasteiger partial charge on any atom is -0.313 e. The Kier molecular flexibility index (Phi) is 3.31. The Morgan fingerprint density at radius 1 is 1.50 bits per heavy atom. The van der Waals surface area contributed by atoms with Crippen molar-refractivity contribution in [3.05, 3.63) is 40.5 Å². The zero-order valence-electron chi connectivity index (χ0n) is 9.71. The first-order valence-corrected chi connectivity index (χ1v) is 5.45. The van der Waals surface area contributed by atoms with Gasteiger partial charge in [0.05, 0.1) is 10.5 Å². The van der Waals surface area contributed by atoms with Crippen LogP contribution in [0.3, 0.4) is 0 Å². The first-order chi connectivity index (χ1) is 8.63.